The Morgan fingerprint density at radius 2 is 1.94 bits per heavy atom. The molecule has 16 heavy (non-hydrogen) atoms. The lowest BCUT2D eigenvalue weighted by Gasteiger charge is -2.19. The lowest BCUT2D eigenvalue weighted by Crippen LogP contribution is -2.35. The maximum atomic E-state index is 11.7. The van der Waals surface area contributed by atoms with Gasteiger partial charge in [-0.2, -0.15) is 11.8 Å². The van der Waals surface area contributed by atoms with Crippen LogP contribution >= 0.6 is 11.8 Å². The van der Waals surface area contributed by atoms with E-state index in [0.717, 1.165) is 18.1 Å². The molecule has 0 aliphatic carbocycles. The van der Waals surface area contributed by atoms with Gasteiger partial charge >= 0.3 is 0 Å². The quantitative estimate of drug-likeness (QED) is 0.536. The van der Waals surface area contributed by atoms with Crippen molar-refractivity contribution in [3.63, 3.8) is 0 Å². The zero-order valence-corrected chi connectivity index (χ0v) is 12.1. The zero-order valence-electron chi connectivity index (χ0n) is 10.5. The average molecular weight is 265 g/mol. The Hall–Kier alpha value is -0.0000000000000000555. The molecule has 0 aliphatic heterocycles. The van der Waals surface area contributed by atoms with Crippen molar-refractivity contribution in [2.45, 2.75) is 25.5 Å². The van der Waals surface area contributed by atoms with Crippen molar-refractivity contribution in [1.29, 1.82) is 0 Å². The first kappa shape index (κ1) is 16.0. The largest absolute Gasteiger partial charge is 0.315 e. The fraction of sp³-hybridized carbons (Fsp3) is 0.818. The first-order valence-electron chi connectivity index (χ1n) is 5.43. The van der Waals surface area contributed by atoms with Gasteiger partial charge in [0.1, 0.15) is 0 Å². The van der Waals surface area contributed by atoms with E-state index < -0.39 is 14.6 Å². The Kier molecular flexibility index (Phi) is 7.35. The Labute approximate surface area is 104 Å². The fourth-order valence-corrected chi connectivity index (χ4v) is 2.60. The summed E-state index contributed by atoms with van der Waals surface area (Å²) in [6.45, 7) is 10.2. The molecule has 0 unspecified atom stereocenters. The molecule has 0 aliphatic rings. The van der Waals surface area contributed by atoms with Crippen molar-refractivity contribution in [2.75, 3.05) is 30.3 Å². The number of hydrogen-bond donors (Lipinski definition) is 1. The standard InChI is InChI=1S/C11H23NO2S2/c1-5-8-15-9-6-12-7-10-16(13,14)11(2,3)4/h5,12H,1,6-10H2,2-4H3. The highest BCUT2D eigenvalue weighted by Gasteiger charge is 2.27. The highest BCUT2D eigenvalue weighted by Crippen LogP contribution is 2.15. The first-order valence-corrected chi connectivity index (χ1v) is 8.23. The Morgan fingerprint density at radius 3 is 2.44 bits per heavy atom. The van der Waals surface area contributed by atoms with Crippen LogP contribution in [0.4, 0.5) is 0 Å². The minimum absolute atomic E-state index is 0.211. The summed E-state index contributed by atoms with van der Waals surface area (Å²) in [6.07, 6.45) is 1.87. The second-order valence-corrected chi connectivity index (χ2v) is 8.56. The minimum atomic E-state index is -2.98. The molecule has 0 saturated heterocycles. The van der Waals surface area contributed by atoms with E-state index in [9.17, 15) is 8.42 Å². The number of thioether (sulfide) groups is 1. The van der Waals surface area contributed by atoms with E-state index in [2.05, 4.69) is 11.9 Å². The van der Waals surface area contributed by atoms with Crippen molar-refractivity contribution >= 4 is 21.6 Å². The summed E-state index contributed by atoms with van der Waals surface area (Å²) in [4.78, 5) is 0. The van der Waals surface area contributed by atoms with Crippen molar-refractivity contribution in [1.82, 2.24) is 5.32 Å². The third-order valence-electron chi connectivity index (χ3n) is 2.14. The van der Waals surface area contributed by atoms with Crippen LogP contribution in [-0.4, -0.2) is 43.5 Å². The van der Waals surface area contributed by atoms with Crippen LogP contribution in [0.3, 0.4) is 0 Å². The van der Waals surface area contributed by atoms with E-state index in [1.807, 2.05) is 6.08 Å². The lowest BCUT2D eigenvalue weighted by atomic mass is 10.3. The SMILES string of the molecule is C=CCSCCNCCS(=O)(=O)C(C)(C)C. The smallest absolute Gasteiger partial charge is 0.156 e. The van der Waals surface area contributed by atoms with E-state index >= 15 is 0 Å². The summed E-state index contributed by atoms with van der Waals surface area (Å²) in [5.41, 5.74) is 0. The molecular formula is C11H23NO2S2. The minimum Gasteiger partial charge on any atom is -0.315 e. The van der Waals surface area contributed by atoms with Crippen LogP contribution in [0.1, 0.15) is 20.8 Å². The van der Waals surface area contributed by atoms with Gasteiger partial charge in [0.2, 0.25) is 0 Å². The maximum absolute atomic E-state index is 11.7. The van der Waals surface area contributed by atoms with Crippen LogP contribution in [0.5, 0.6) is 0 Å². The van der Waals surface area contributed by atoms with E-state index in [4.69, 9.17) is 0 Å². The predicted molar refractivity (Wildman–Crippen MR) is 73.9 cm³/mol. The number of nitrogens with one attached hydrogen (secondary N) is 1. The molecule has 0 amide bonds. The van der Waals surface area contributed by atoms with Crippen molar-refractivity contribution < 1.29 is 8.42 Å². The van der Waals surface area contributed by atoms with Crippen LogP contribution in [0.2, 0.25) is 0 Å². The molecule has 0 fully saturated rings. The van der Waals surface area contributed by atoms with Gasteiger partial charge in [-0.3, -0.25) is 0 Å². The lowest BCUT2D eigenvalue weighted by molar-refractivity contribution is 0.557. The van der Waals surface area contributed by atoms with Crippen LogP contribution < -0.4 is 5.32 Å². The third-order valence-corrected chi connectivity index (χ3v) is 5.71. The second-order valence-electron chi connectivity index (χ2n) is 4.54. The van der Waals surface area contributed by atoms with Gasteiger partial charge in [0, 0.05) is 24.6 Å². The van der Waals surface area contributed by atoms with E-state index in [1.165, 1.54) is 0 Å². The van der Waals surface area contributed by atoms with E-state index in [-0.39, 0.29) is 5.75 Å². The predicted octanol–water partition coefficient (Wildman–Crippen LogP) is 1.71. The zero-order chi connectivity index (χ0) is 12.7. The molecule has 0 aromatic carbocycles. The van der Waals surface area contributed by atoms with Gasteiger partial charge < -0.3 is 5.32 Å². The molecule has 0 aromatic rings. The van der Waals surface area contributed by atoms with Gasteiger partial charge in [-0.15, -0.1) is 6.58 Å². The molecule has 0 aromatic heterocycles. The van der Waals surface area contributed by atoms with Gasteiger partial charge in [-0.25, -0.2) is 8.42 Å². The van der Waals surface area contributed by atoms with Gasteiger partial charge in [-0.1, -0.05) is 6.08 Å². The van der Waals surface area contributed by atoms with Crippen LogP contribution in [0.25, 0.3) is 0 Å². The molecular weight excluding hydrogens is 242 g/mol. The topological polar surface area (TPSA) is 46.2 Å². The molecule has 0 heterocycles. The Bertz CT molecular complexity index is 292. The normalized spacial score (nSPS) is 12.7. The average Bonchev–Trinajstić information content (AvgIpc) is 2.14. The summed E-state index contributed by atoms with van der Waals surface area (Å²) >= 11 is 1.79. The monoisotopic (exact) mass is 265 g/mol. The second kappa shape index (κ2) is 7.35. The molecule has 0 bridgehead atoms. The summed E-state index contributed by atoms with van der Waals surface area (Å²) in [5, 5.41) is 3.14. The molecule has 0 radical (unpaired) electrons. The summed E-state index contributed by atoms with van der Waals surface area (Å²) in [5.74, 6) is 2.15. The molecule has 0 atom stereocenters. The molecule has 5 heteroatoms. The summed E-state index contributed by atoms with van der Waals surface area (Å²) in [6, 6.07) is 0. The Balaban J connectivity index is 3.64. The van der Waals surface area contributed by atoms with Crippen molar-refractivity contribution in [3.05, 3.63) is 12.7 Å². The van der Waals surface area contributed by atoms with Gasteiger partial charge in [0.25, 0.3) is 0 Å². The van der Waals surface area contributed by atoms with Crippen LogP contribution in [0, 0.1) is 0 Å². The molecule has 0 spiro atoms. The van der Waals surface area contributed by atoms with Crippen molar-refractivity contribution in [2.24, 2.45) is 0 Å². The molecule has 1 N–H and O–H groups in total. The molecule has 0 saturated carbocycles. The van der Waals surface area contributed by atoms with E-state index in [0.29, 0.717) is 6.54 Å². The number of hydrogen-bond acceptors (Lipinski definition) is 4. The molecule has 96 valence electrons. The van der Waals surface area contributed by atoms with Gasteiger partial charge in [0.05, 0.1) is 10.5 Å². The van der Waals surface area contributed by atoms with Crippen molar-refractivity contribution in [3.8, 4) is 0 Å². The van der Waals surface area contributed by atoms with Crippen LogP contribution in [0.15, 0.2) is 12.7 Å². The van der Waals surface area contributed by atoms with E-state index in [1.54, 1.807) is 32.5 Å². The fourth-order valence-electron chi connectivity index (χ4n) is 0.949. The highest BCUT2D eigenvalue weighted by atomic mass is 32.2. The maximum Gasteiger partial charge on any atom is 0.156 e. The molecule has 3 nitrogen and oxygen atoms in total. The first-order chi connectivity index (χ1) is 7.31. The van der Waals surface area contributed by atoms with Gasteiger partial charge in [-0.05, 0) is 20.8 Å². The van der Waals surface area contributed by atoms with Gasteiger partial charge in [0.15, 0.2) is 9.84 Å². The Morgan fingerprint density at radius 1 is 1.31 bits per heavy atom. The number of sulfone groups is 1. The third kappa shape index (κ3) is 6.55. The molecule has 0 rings (SSSR count). The summed E-state index contributed by atoms with van der Waals surface area (Å²) in [7, 11) is -2.98. The number of rotatable bonds is 8. The van der Waals surface area contributed by atoms with Crippen LogP contribution in [-0.2, 0) is 9.84 Å². The highest BCUT2D eigenvalue weighted by molar-refractivity contribution is 7.99. The summed E-state index contributed by atoms with van der Waals surface area (Å²) < 4.78 is 22.8.